The van der Waals surface area contributed by atoms with Crippen LogP contribution in [0.25, 0.3) is 0 Å². The van der Waals surface area contributed by atoms with Gasteiger partial charge in [-0.05, 0) is 52.7 Å². The lowest BCUT2D eigenvalue weighted by Gasteiger charge is -2.08. The lowest BCUT2D eigenvalue weighted by atomic mass is 10.1. The van der Waals surface area contributed by atoms with Gasteiger partial charge in [0.15, 0.2) is 4.67 Å². The van der Waals surface area contributed by atoms with E-state index in [9.17, 15) is 4.79 Å². The minimum atomic E-state index is -0.972. The molecular formula is C13H11BrO4. The number of carbonyl (C=O) groups is 1. The molecule has 2 aromatic rings. The molecule has 0 spiro atoms. The molecule has 0 bridgehead atoms. The predicted octanol–water partition coefficient (Wildman–Crippen LogP) is 3.63. The van der Waals surface area contributed by atoms with Crippen molar-refractivity contribution in [2.45, 2.75) is 13.5 Å². The highest BCUT2D eigenvalue weighted by Crippen LogP contribution is 2.22. The van der Waals surface area contributed by atoms with E-state index in [1.165, 1.54) is 6.07 Å². The van der Waals surface area contributed by atoms with E-state index in [0.29, 0.717) is 16.2 Å². The summed E-state index contributed by atoms with van der Waals surface area (Å²) in [6.07, 6.45) is 0. The first kappa shape index (κ1) is 12.7. The van der Waals surface area contributed by atoms with Gasteiger partial charge < -0.3 is 14.3 Å². The van der Waals surface area contributed by atoms with Crippen LogP contribution < -0.4 is 4.74 Å². The molecule has 0 aliphatic carbocycles. The number of hydrogen-bond donors (Lipinski definition) is 1. The Labute approximate surface area is 112 Å². The average Bonchev–Trinajstić information content (AvgIpc) is 2.74. The highest BCUT2D eigenvalue weighted by Gasteiger charge is 2.08. The van der Waals surface area contributed by atoms with Crippen molar-refractivity contribution >= 4 is 21.9 Å². The van der Waals surface area contributed by atoms with Crippen LogP contribution in [0.3, 0.4) is 0 Å². The molecule has 1 heterocycles. The Morgan fingerprint density at radius 3 is 2.78 bits per heavy atom. The molecular weight excluding hydrogens is 300 g/mol. The monoisotopic (exact) mass is 310 g/mol. The van der Waals surface area contributed by atoms with E-state index in [4.69, 9.17) is 14.3 Å². The van der Waals surface area contributed by atoms with Gasteiger partial charge in [0.2, 0.25) is 0 Å². The van der Waals surface area contributed by atoms with Crippen molar-refractivity contribution in [2.75, 3.05) is 0 Å². The maximum atomic E-state index is 10.9. The van der Waals surface area contributed by atoms with E-state index < -0.39 is 5.97 Å². The summed E-state index contributed by atoms with van der Waals surface area (Å²) in [6.45, 7) is 2.12. The van der Waals surface area contributed by atoms with Crippen LogP contribution in [-0.2, 0) is 6.61 Å². The maximum Gasteiger partial charge on any atom is 0.335 e. The second-order valence-corrected chi connectivity index (χ2v) is 4.56. The zero-order chi connectivity index (χ0) is 13.1. The fourth-order valence-electron chi connectivity index (χ4n) is 1.47. The first-order valence-corrected chi connectivity index (χ1v) is 6.06. The van der Waals surface area contributed by atoms with Gasteiger partial charge in [0, 0.05) is 0 Å². The Kier molecular flexibility index (Phi) is 3.72. The van der Waals surface area contributed by atoms with Gasteiger partial charge in [-0.3, -0.25) is 0 Å². The maximum absolute atomic E-state index is 10.9. The smallest absolute Gasteiger partial charge is 0.335 e. The van der Waals surface area contributed by atoms with Gasteiger partial charge in [-0.25, -0.2) is 4.79 Å². The number of hydrogen-bond acceptors (Lipinski definition) is 3. The lowest BCUT2D eigenvalue weighted by Crippen LogP contribution is -2.00. The summed E-state index contributed by atoms with van der Waals surface area (Å²) in [5.41, 5.74) is 1.09. The molecule has 1 aromatic heterocycles. The molecule has 0 aliphatic heterocycles. The molecule has 0 saturated heterocycles. The number of ether oxygens (including phenoxy) is 1. The second-order valence-electron chi connectivity index (χ2n) is 3.78. The molecule has 5 heteroatoms. The van der Waals surface area contributed by atoms with Crippen LogP contribution in [0.4, 0.5) is 0 Å². The molecule has 1 N–H and O–H groups in total. The quantitative estimate of drug-likeness (QED) is 0.936. The number of halogens is 1. The van der Waals surface area contributed by atoms with Gasteiger partial charge in [-0.15, -0.1) is 0 Å². The molecule has 0 fully saturated rings. The molecule has 4 nitrogen and oxygen atoms in total. The first-order valence-electron chi connectivity index (χ1n) is 5.27. The highest BCUT2D eigenvalue weighted by atomic mass is 79.9. The van der Waals surface area contributed by atoms with Gasteiger partial charge in [0.05, 0.1) is 5.56 Å². The number of carboxylic acid groups (broad SMARTS) is 1. The summed E-state index contributed by atoms with van der Waals surface area (Å²) >= 11 is 3.20. The van der Waals surface area contributed by atoms with Gasteiger partial charge >= 0.3 is 5.97 Å². The first-order chi connectivity index (χ1) is 8.56. The molecule has 94 valence electrons. The fraction of sp³-hybridized carbons (Fsp3) is 0.154. The number of rotatable bonds is 4. The second kappa shape index (κ2) is 5.27. The van der Waals surface area contributed by atoms with E-state index in [1.54, 1.807) is 24.3 Å². The van der Waals surface area contributed by atoms with E-state index in [0.717, 1.165) is 5.56 Å². The largest absolute Gasteiger partial charge is 0.485 e. The van der Waals surface area contributed by atoms with Gasteiger partial charge in [-0.2, -0.15) is 0 Å². The van der Waals surface area contributed by atoms with Crippen molar-refractivity contribution in [3.63, 3.8) is 0 Å². The summed E-state index contributed by atoms with van der Waals surface area (Å²) in [7, 11) is 0. The number of aromatic carboxylic acids is 1. The van der Waals surface area contributed by atoms with Crippen molar-refractivity contribution in [3.8, 4) is 5.75 Å². The average molecular weight is 311 g/mol. The summed E-state index contributed by atoms with van der Waals surface area (Å²) in [5.74, 6) is 0.241. The summed E-state index contributed by atoms with van der Waals surface area (Å²) in [6, 6.07) is 8.35. The Bertz CT molecular complexity index is 574. The van der Waals surface area contributed by atoms with Crippen LogP contribution in [-0.4, -0.2) is 11.1 Å². The molecule has 0 amide bonds. The molecule has 0 aliphatic rings. The Hall–Kier alpha value is -1.75. The number of furan rings is 1. The SMILES string of the molecule is Cc1ccc(C(=O)O)cc1OCc1ccc(Br)o1. The molecule has 0 unspecified atom stereocenters. The Balaban J connectivity index is 2.13. The minimum Gasteiger partial charge on any atom is -0.485 e. The van der Waals surface area contributed by atoms with E-state index in [1.807, 2.05) is 6.92 Å². The summed E-state index contributed by atoms with van der Waals surface area (Å²) in [5, 5.41) is 8.91. The zero-order valence-electron chi connectivity index (χ0n) is 9.64. The topological polar surface area (TPSA) is 59.7 Å². The summed E-state index contributed by atoms with van der Waals surface area (Å²) in [4.78, 5) is 10.9. The van der Waals surface area contributed by atoms with Crippen molar-refractivity contribution in [1.29, 1.82) is 0 Å². The van der Waals surface area contributed by atoms with E-state index >= 15 is 0 Å². The highest BCUT2D eigenvalue weighted by molar-refractivity contribution is 9.10. The third-order valence-corrected chi connectivity index (χ3v) is 2.86. The van der Waals surface area contributed by atoms with Crippen molar-refractivity contribution < 1.29 is 19.1 Å². The number of aryl methyl sites for hydroxylation is 1. The molecule has 1 aromatic carbocycles. The molecule has 0 radical (unpaired) electrons. The number of benzene rings is 1. The van der Waals surface area contributed by atoms with E-state index in [2.05, 4.69) is 15.9 Å². The zero-order valence-corrected chi connectivity index (χ0v) is 11.2. The molecule has 2 rings (SSSR count). The van der Waals surface area contributed by atoms with Crippen molar-refractivity contribution in [2.24, 2.45) is 0 Å². The Morgan fingerprint density at radius 1 is 1.39 bits per heavy atom. The van der Waals surface area contributed by atoms with Crippen molar-refractivity contribution in [3.05, 3.63) is 51.9 Å². The standard InChI is InChI=1S/C13H11BrO4/c1-8-2-3-9(13(15)16)6-11(8)17-7-10-4-5-12(14)18-10/h2-6H,7H2,1H3,(H,15,16). The van der Waals surface area contributed by atoms with Crippen LogP contribution in [0.1, 0.15) is 21.7 Å². The van der Waals surface area contributed by atoms with Crippen LogP contribution in [0.5, 0.6) is 5.75 Å². The van der Waals surface area contributed by atoms with Gasteiger partial charge in [0.1, 0.15) is 18.1 Å². The normalized spacial score (nSPS) is 10.3. The molecule has 0 atom stereocenters. The van der Waals surface area contributed by atoms with E-state index in [-0.39, 0.29) is 12.2 Å². The molecule has 0 saturated carbocycles. The van der Waals surface area contributed by atoms with Gasteiger partial charge in [0.25, 0.3) is 0 Å². The van der Waals surface area contributed by atoms with Crippen LogP contribution >= 0.6 is 15.9 Å². The van der Waals surface area contributed by atoms with Gasteiger partial charge in [-0.1, -0.05) is 6.07 Å². The lowest BCUT2D eigenvalue weighted by molar-refractivity contribution is 0.0696. The van der Waals surface area contributed by atoms with Crippen LogP contribution in [0, 0.1) is 6.92 Å². The van der Waals surface area contributed by atoms with Crippen LogP contribution in [0.15, 0.2) is 39.4 Å². The fourth-order valence-corrected chi connectivity index (χ4v) is 1.81. The van der Waals surface area contributed by atoms with Crippen molar-refractivity contribution in [1.82, 2.24) is 0 Å². The third kappa shape index (κ3) is 2.92. The van der Waals surface area contributed by atoms with Crippen LogP contribution in [0.2, 0.25) is 0 Å². The number of carboxylic acids is 1. The Morgan fingerprint density at radius 2 is 2.17 bits per heavy atom. The summed E-state index contributed by atoms with van der Waals surface area (Å²) < 4.78 is 11.5. The third-order valence-electron chi connectivity index (χ3n) is 2.43. The predicted molar refractivity (Wildman–Crippen MR) is 68.9 cm³/mol. The molecule has 18 heavy (non-hydrogen) atoms. The minimum absolute atomic E-state index is 0.205.